The number of nitroso groups, excluding NO2 is 1. The number of hydrogen-bond donors (Lipinski definition) is 3. The van der Waals surface area contributed by atoms with Crippen LogP contribution >= 0.6 is 11.6 Å². The van der Waals surface area contributed by atoms with Crippen LogP contribution in [-0.4, -0.2) is 129 Å². The first-order valence-corrected chi connectivity index (χ1v) is 16.0. The summed E-state index contributed by atoms with van der Waals surface area (Å²) in [5, 5.41) is 7.71. The van der Waals surface area contributed by atoms with Crippen molar-refractivity contribution in [2.75, 3.05) is 111 Å². The Balaban J connectivity index is 3.31. The number of hydrogen-bond acceptors (Lipinski definition) is 12. The van der Waals surface area contributed by atoms with E-state index in [0.29, 0.717) is 65.9 Å². The molecule has 0 rings (SSSR count). The van der Waals surface area contributed by atoms with Crippen LogP contribution in [0.1, 0.15) is 44.9 Å². The Morgan fingerprint density at radius 3 is 1.58 bits per heavy atom. The fourth-order valence-electron chi connectivity index (χ4n) is 3.20. The minimum absolute atomic E-state index is 0.0590. The average molecular weight is 669 g/mol. The van der Waals surface area contributed by atoms with Gasteiger partial charge in [-0.05, 0) is 12.8 Å². The number of amides is 3. The highest BCUT2D eigenvalue weighted by Gasteiger charge is 2.02. The Hall–Kier alpha value is -2.08. The lowest BCUT2D eigenvalue weighted by Crippen LogP contribution is -2.26. The van der Waals surface area contributed by atoms with E-state index in [4.69, 9.17) is 44.9 Å². The van der Waals surface area contributed by atoms with Crippen LogP contribution < -0.4 is 16.1 Å². The lowest BCUT2D eigenvalue weighted by molar-refractivity contribution is -0.123. The molecular weight excluding hydrogens is 616 g/mol. The van der Waals surface area contributed by atoms with Gasteiger partial charge in [0, 0.05) is 50.1 Å². The number of carbonyl (C=O) groups is 3. The smallest absolute Gasteiger partial charge is 0.288 e. The summed E-state index contributed by atoms with van der Waals surface area (Å²) in [7, 11) is 0. The third kappa shape index (κ3) is 36.3. The largest absolute Gasteiger partial charge is 0.379 e. The second-order valence-corrected chi connectivity index (χ2v) is 9.71. The standard InChI is InChI=1S/C29H53ClN4O11/c30-10-3-1-2-6-14-39-19-23-43-18-13-33-45-26-25-44-24-22-41-16-8-28(36)32-12-5-4-11-31-27(35)7-15-40-20-21-42-17-9-29(37)34-38/h4-5,33H,1-3,6-26H2,(H,31,35)(H,32,36)/b5-4+. The highest BCUT2D eigenvalue weighted by Crippen LogP contribution is 2.01. The number of nitrogens with zero attached hydrogens (tertiary/aromatic N) is 1. The van der Waals surface area contributed by atoms with E-state index < -0.39 is 5.91 Å². The third-order valence-corrected chi connectivity index (χ3v) is 5.85. The van der Waals surface area contributed by atoms with Gasteiger partial charge in [0.05, 0.1) is 85.7 Å². The maximum absolute atomic E-state index is 11.8. The van der Waals surface area contributed by atoms with E-state index in [9.17, 15) is 19.3 Å². The zero-order valence-electron chi connectivity index (χ0n) is 26.4. The molecule has 45 heavy (non-hydrogen) atoms. The molecule has 0 fully saturated rings. The molecule has 0 radical (unpaired) electrons. The highest BCUT2D eigenvalue weighted by atomic mass is 35.5. The van der Waals surface area contributed by atoms with Crippen LogP contribution in [0.15, 0.2) is 17.3 Å². The van der Waals surface area contributed by atoms with Crippen molar-refractivity contribution in [1.29, 1.82) is 0 Å². The number of carbonyl (C=O) groups excluding carboxylic acids is 3. The maximum atomic E-state index is 11.8. The predicted octanol–water partition coefficient (Wildman–Crippen LogP) is 1.66. The van der Waals surface area contributed by atoms with Crippen LogP contribution in [0.4, 0.5) is 0 Å². The van der Waals surface area contributed by atoms with Gasteiger partial charge in [-0.3, -0.25) is 19.2 Å². The molecule has 3 N–H and O–H groups in total. The number of rotatable bonds is 35. The number of alkyl halides is 1. The van der Waals surface area contributed by atoms with Crippen LogP contribution in [0, 0.1) is 4.91 Å². The van der Waals surface area contributed by atoms with E-state index in [1.54, 1.807) is 12.2 Å². The number of unbranched alkanes of at least 4 members (excludes halogenated alkanes) is 3. The molecule has 0 aromatic rings. The SMILES string of the molecule is O=NC(=O)CCOCCOCCC(=O)NC/C=C/CNC(=O)CCOCCOCCONCCOCCOCCCCCCCl. The summed E-state index contributed by atoms with van der Waals surface area (Å²) in [6.07, 6.45) is 8.28. The first kappa shape index (κ1) is 42.9. The van der Waals surface area contributed by atoms with Gasteiger partial charge in [0.1, 0.15) is 0 Å². The van der Waals surface area contributed by atoms with E-state index in [-0.39, 0.29) is 64.1 Å². The third-order valence-electron chi connectivity index (χ3n) is 5.58. The van der Waals surface area contributed by atoms with Crippen molar-refractivity contribution in [3.8, 4) is 0 Å². The second-order valence-electron chi connectivity index (χ2n) is 9.33. The predicted molar refractivity (Wildman–Crippen MR) is 168 cm³/mol. The monoisotopic (exact) mass is 668 g/mol. The van der Waals surface area contributed by atoms with Crippen molar-refractivity contribution in [2.24, 2.45) is 5.18 Å². The Morgan fingerprint density at radius 1 is 0.556 bits per heavy atom. The van der Waals surface area contributed by atoms with Gasteiger partial charge in [-0.15, -0.1) is 16.5 Å². The summed E-state index contributed by atoms with van der Waals surface area (Å²) in [4.78, 5) is 49.4. The molecule has 262 valence electrons. The molecule has 15 nitrogen and oxygen atoms in total. The van der Waals surface area contributed by atoms with Crippen LogP contribution in [0.25, 0.3) is 0 Å². The number of hydroxylamine groups is 1. The molecule has 0 bridgehead atoms. The zero-order chi connectivity index (χ0) is 32.9. The zero-order valence-corrected chi connectivity index (χ0v) is 27.2. The molecule has 0 aromatic heterocycles. The van der Waals surface area contributed by atoms with Crippen molar-refractivity contribution < 1.29 is 47.6 Å². The summed E-state index contributed by atoms with van der Waals surface area (Å²) in [6, 6.07) is 0. The van der Waals surface area contributed by atoms with Crippen molar-refractivity contribution >= 4 is 29.3 Å². The topological polar surface area (TPSA) is 181 Å². The van der Waals surface area contributed by atoms with Gasteiger partial charge in [0.25, 0.3) is 5.91 Å². The molecular formula is C29H53ClN4O11. The Kier molecular flexibility index (Phi) is 34.7. The fourth-order valence-corrected chi connectivity index (χ4v) is 3.39. The van der Waals surface area contributed by atoms with Crippen LogP contribution in [0.5, 0.6) is 0 Å². The van der Waals surface area contributed by atoms with Gasteiger partial charge >= 0.3 is 0 Å². The Morgan fingerprint density at radius 2 is 1.02 bits per heavy atom. The summed E-state index contributed by atoms with van der Waals surface area (Å²) < 4.78 is 32.1. The summed E-state index contributed by atoms with van der Waals surface area (Å²) in [5.41, 5.74) is 2.81. The van der Waals surface area contributed by atoms with E-state index in [2.05, 4.69) is 21.3 Å². The molecule has 0 aliphatic carbocycles. The lowest BCUT2D eigenvalue weighted by Gasteiger charge is -2.08. The number of ether oxygens (including phenoxy) is 6. The highest BCUT2D eigenvalue weighted by molar-refractivity contribution is 6.17. The molecule has 3 amide bonds. The Labute approximate surface area is 271 Å². The number of nitrogens with one attached hydrogen (secondary N) is 3. The maximum Gasteiger partial charge on any atom is 0.288 e. The van der Waals surface area contributed by atoms with Gasteiger partial charge in [0.2, 0.25) is 11.8 Å². The van der Waals surface area contributed by atoms with Crippen molar-refractivity contribution in [3.05, 3.63) is 17.1 Å². The van der Waals surface area contributed by atoms with Gasteiger partial charge in [-0.25, -0.2) is 5.48 Å². The normalized spacial score (nSPS) is 11.2. The van der Waals surface area contributed by atoms with Gasteiger partial charge in [-0.1, -0.05) is 25.0 Å². The molecule has 0 aliphatic heterocycles. The molecule has 0 heterocycles. The fraction of sp³-hybridized carbons (Fsp3) is 0.828. The van der Waals surface area contributed by atoms with Crippen LogP contribution in [-0.2, 0) is 47.6 Å². The van der Waals surface area contributed by atoms with E-state index in [0.717, 1.165) is 38.2 Å². The first-order chi connectivity index (χ1) is 22.1. The first-order valence-electron chi connectivity index (χ1n) is 15.5. The molecule has 0 aromatic carbocycles. The van der Waals surface area contributed by atoms with Gasteiger partial charge < -0.3 is 39.1 Å². The molecule has 0 saturated heterocycles. The van der Waals surface area contributed by atoms with Crippen LogP contribution in [0.3, 0.4) is 0 Å². The Bertz CT molecular complexity index is 751. The molecule has 0 saturated carbocycles. The summed E-state index contributed by atoms with van der Waals surface area (Å²) in [5.74, 6) is -0.334. The molecule has 0 unspecified atom stereocenters. The second kappa shape index (κ2) is 36.4. The van der Waals surface area contributed by atoms with Gasteiger partial charge in [0.15, 0.2) is 0 Å². The molecule has 16 heteroatoms. The van der Waals surface area contributed by atoms with Gasteiger partial charge in [-0.2, -0.15) is 0 Å². The quantitative estimate of drug-likeness (QED) is 0.0293. The average Bonchev–Trinajstić information content (AvgIpc) is 3.04. The minimum Gasteiger partial charge on any atom is -0.379 e. The lowest BCUT2D eigenvalue weighted by atomic mass is 10.2. The molecule has 0 spiro atoms. The summed E-state index contributed by atoms with van der Waals surface area (Å²) in [6.45, 7) is 6.44. The van der Waals surface area contributed by atoms with Crippen molar-refractivity contribution in [2.45, 2.75) is 44.9 Å². The number of halogens is 1. The van der Waals surface area contributed by atoms with E-state index >= 15 is 0 Å². The van der Waals surface area contributed by atoms with Crippen molar-refractivity contribution in [3.63, 3.8) is 0 Å². The molecule has 0 atom stereocenters. The van der Waals surface area contributed by atoms with E-state index in [1.807, 2.05) is 0 Å². The summed E-state index contributed by atoms with van der Waals surface area (Å²) >= 11 is 5.64. The van der Waals surface area contributed by atoms with Crippen LogP contribution in [0.2, 0.25) is 0 Å². The van der Waals surface area contributed by atoms with E-state index in [1.165, 1.54) is 0 Å². The van der Waals surface area contributed by atoms with Crippen molar-refractivity contribution in [1.82, 2.24) is 16.1 Å². The minimum atomic E-state index is -0.754. The molecule has 0 aliphatic rings.